The number of aromatic nitrogens is 4. The molecule has 0 saturated heterocycles. The summed E-state index contributed by atoms with van der Waals surface area (Å²) >= 11 is 6.16. The smallest absolute Gasteiger partial charge is 0.227 e. The SMILES string of the molecule is C=C(Cl)CC1(C(=O)N[C@@H](Cc2ccccc2-c2ccccc2)c2nnnn2C)CCCC1. The number of aryl methyl sites for hydroxylation is 1. The lowest BCUT2D eigenvalue weighted by Gasteiger charge is -2.30. The third-order valence-corrected chi connectivity index (χ3v) is 6.50. The third kappa shape index (κ3) is 4.75. The van der Waals surface area contributed by atoms with E-state index in [0.29, 0.717) is 23.7 Å². The molecule has 0 aliphatic heterocycles. The minimum Gasteiger partial charge on any atom is -0.345 e. The quantitative estimate of drug-likeness (QED) is 0.526. The third-order valence-electron chi connectivity index (χ3n) is 6.37. The van der Waals surface area contributed by atoms with Crippen LogP contribution in [0.4, 0.5) is 0 Å². The Kier molecular flexibility index (Phi) is 6.70. The highest BCUT2D eigenvalue weighted by molar-refractivity contribution is 6.29. The lowest BCUT2D eigenvalue weighted by molar-refractivity contribution is -0.131. The molecule has 1 atom stereocenters. The van der Waals surface area contributed by atoms with Crippen LogP contribution >= 0.6 is 11.6 Å². The molecule has 1 aliphatic carbocycles. The van der Waals surface area contributed by atoms with Crippen molar-refractivity contribution in [1.82, 2.24) is 25.5 Å². The summed E-state index contributed by atoms with van der Waals surface area (Å²) in [5.74, 6) is 0.626. The first kappa shape index (κ1) is 22.2. The van der Waals surface area contributed by atoms with Crippen LogP contribution in [0.1, 0.15) is 49.5 Å². The van der Waals surface area contributed by atoms with Crippen LogP contribution in [0.15, 0.2) is 66.2 Å². The molecule has 1 heterocycles. The van der Waals surface area contributed by atoms with Gasteiger partial charge in [0.15, 0.2) is 5.82 Å². The second kappa shape index (κ2) is 9.65. The number of rotatable bonds is 8. The van der Waals surface area contributed by atoms with Gasteiger partial charge >= 0.3 is 0 Å². The van der Waals surface area contributed by atoms with Gasteiger partial charge < -0.3 is 5.32 Å². The lowest BCUT2D eigenvalue weighted by atomic mass is 9.81. The van der Waals surface area contributed by atoms with Gasteiger partial charge in [-0.15, -0.1) is 5.10 Å². The Hall–Kier alpha value is -2.99. The number of hydrogen-bond donors (Lipinski definition) is 1. The summed E-state index contributed by atoms with van der Waals surface area (Å²) in [6.45, 7) is 3.85. The molecule has 32 heavy (non-hydrogen) atoms. The predicted octanol–water partition coefficient (Wildman–Crippen LogP) is 4.98. The van der Waals surface area contributed by atoms with Crippen molar-refractivity contribution >= 4 is 17.5 Å². The standard InChI is InChI=1S/C25H28ClN5O/c1-18(26)17-25(14-8-9-15-25)24(32)27-22(23-28-29-30-31(23)2)16-20-12-6-7-13-21(20)19-10-4-3-5-11-19/h3-7,10-13,22H,1,8-9,14-17H2,2H3,(H,27,32)/t22-/m0/s1. The highest BCUT2D eigenvalue weighted by atomic mass is 35.5. The number of carbonyl (C=O) groups excluding carboxylic acids is 1. The van der Waals surface area contributed by atoms with Crippen molar-refractivity contribution < 1.29 is 4.79 Å². The Bertz CT molecular complexity index is 1090. The molecule has 0 spiro atoms. The first-order chi connectivity index (χ1) is 15.5. The zero-order valence-electron chi connectivity index (χ0n) is 18.3. The van der Waals surface area contributed by atoms with Gasteiger partial charge in [-0.2, -0.15) is 0 Å². The van der Waals surface area contributed by atoms with Crippen LogP contribution in [0, 0.1) is 5.41 Å². The van der Waals surface area contributed by atoms with Gasteiger partial charge in [0.2, 0.25) is 5.91 Å². The molecular weight excluding hydrogens is 422 g/mol. The summed E-state index contributed by atoms with van der Waals surface area (Å²) in [4.78, 5) is 13.6. The van der Waals surface area contributed by atoms with Crippen molar-refractivity contribution in [3.8, 4) is 11.1 Å². The minimum atomic E-state index is -0.512. The first-order valence-corrected chi connectivity index (χ1v) is 11.4. The van der Waals surface area contributed by atoms with Gasteiger partial charge in [-0.3, -0.25) is 4.79 Å². The van der Waals surface area contributed by atoms with E-state index in [1.54, 1.807) is 11.7 Å². The number of nitrogens with zero attached hydrogens (tertiary/aromatic N) is 4. The summed E-state index contributed by atoms with van der Waals surface area (Å²) in [6.07, 6.45) is 4.73. The fourth-order valence-electron chi connectivity index (χ4n) is 4.77. The Labute approximate surface area is 193 Å². The fourth-order valence-corrected chi connectivity index (χ4v) is 5.03. The summed E-state index contributed by atoms with van der Waals surface area (Å²) in [5, 5.41) is 15.8. The van der Waals surface area contributed by atoms with Crippen LogP contribution in [-0.4, -0.2) is 26.1 Å². The topological polar surface area (TPSA) is 72.7 Å². The molecule has 1 aliphatic rings. The van der Waals surface area contributed by atoms with E-state index in [0.717, 1.165) is 42.4 Å². The van der Waals surface area contributed by atoms with Crippen molar-refractivity contribution in [3.63, 3.8) is 0 Å². The highest BCUT2D eigenvalue weighted by Gasteiger charge is 2.42. The maximum absolute atomic E-state index is 13.6. The molecule has 0 bridgehead atoms. The van der Waals surface area contributed by atoms with Gasteiger partial charge in [-0.05, 0) is 46.4 Å². The zero-order chi connectivity index (χ0) is 22.6. The average molecular weight is 450 g/mol. The van der Waals surface area contributed by atoms with E-state index in [9.17, 15) is 4.79 Å². The van der Waals surface area contributed by atoms with E-state index >= 15 is 0 Å². The Morgan fingerprint density at radius 3 is 2.50 bits per heavy atom. The molecule has 7 heteroatoms. The molecule has 1 saturated carbocycles. The molecule has 3 aromatic rings. The summed E-state index contributed by atoms with van der Waals surface area (Å²) in [6, 6.07) is 18.1. The minimum absolute atomic E-state index is 0.00184. The molecule has 1 amide bonds. The van der Waals surface area contributed by atoms with E-state index in [4.69, 9.17) is 11.6 Å². The van der Waals surface area contributed by atoms with Crippen molar-refractivity contribution in [1.29, 1.82) is 0 Å². The molecule has 0 unspecified atom stereocenters. The first-order valence-electron chi connectivity index (χ1n) is 11.0. The second-order valence-corrected chi connectivity index (χ2v) is 9.13. The van der Waals surface area contributed by atoms with Crippen LogP contribution in [0.3, 0.4) is 0 Å². The molecule has 1 N–H and O–H groups in total. The molecule has 1 aromatic heterocycles. The summed E-state index contributed by atoms with van der Waals surface area (Å²) < 4.78 is 1.62. The van der Waals surface area contributed by atoms with E-state index in [2.05, 4.69) is 51.7 Å². The van der Waals surface area contributed by atoms with Gasteiger partial charge in [-0.1, -0.05) is 85.6 Å². The van der Waals surface area contributed by atoms with Gasteiger partial charge in [0.1, 0.15) is 0 Å². The summed E-state index contributed by atoms with van der Waals surface area (Å²) in [7, 11) is 1.80. The van der Waals surface area contributed by atoms with E-state index < -0.39 is 5.41 Å². The van der Waals surface area contributed by atoms with Crippen LogP contribution in [0.25, 0.3) is 11.1 Å². The number of tetrazole rings is 1. The zero-order valence-corrected chi connectivity index (χ0v) is 19.1. The second-order valence-electron chi connectivity index (χ2n) is 8.60. The normalized spacial score (nSPS) is 15.9. The monoisotopic (exact) mass is 449 g/mol. The number of hydrogen-bond acceptors (Lipinski definition) is 4. The van der Waals surface area contributed by atoms with Crippen LogP contribution in [-0.2, 0) is 18.3 Å². The number of benzene rings is 2. The van der Waals surface area contributed by atoms with Crippen LogP contribution < -0.4 is 5.32 Å². The molecule has 1 fully saturated rings. The number of nitrogens with one attached hydrogen (secondary N) is 1. The molecule has 2 aromatic carbocycles. The van der Waals surface area contributed by atoms with Crippen molar-refractivity contribution in [2.75, 3.05) is 0 Å². The van der Waals surface area contributed by atoms with E-state index in [-0.39, 0.29) is 11.9 Å². The maximum atomic E-state index is 13.6. The Morgan fingerprint density at radius 1 is 1.16 bits per heavy atom. The van der Waals surface area contributed by atoms with Gasteiger partial charge in [-0.25, -0.2) is 4.68 Å². The molecule has 166 valence electrons. The number of carbonyl (C=O) groups is 1. The fraction of sp³-hybridized carbons (Fsp3) is 0.360. The highest BCUT2D eigenvalue weighted by Crippen LogP contribution is 2.44. The Balaban J connectivity index is 1.66. The lowest BCUT2D eigenvalue weighted by Crippen LogP contribution is -2.42. The van der Waals surface area contributed by atoms with Gasteiger partial charge in [0.25, 0.3) is 0 Å². The summed E-state index contributed by atoms with van der Waals surface area (Å²) in [5.41, 5.74) is 2.87. The van der Waals surface area contributed by atoms with Crippen LogP contribution in [0.2, 0.25) is 0 Å². The number of halogens is 1. The molecule has 6 nitrogen and oxygen atoms in total. The number of amides is 1. The predicted molar refractivity (Wildman–Crippen MR) is 126 cm³/mol. The largest absolute Gasteiger partial charge is 0.345 e. The van der Waals surface area contributed by atoms with Gasteiger partial charge in [0, 0.05) is 18.5 Å². The maximum Gasteiger partial charge on any atom is 0.227 e. The van der Waals surface area contributed by atoms with Crippen LogP contribution in [0.5, 0.6) is 0 Å². The Morgan fingerprint density at radius 2 is 1.84 bits per heavy atom. The van der Waals surface area contributed by atoms with Crippen molar-refractivity contribution in [2.45, 2.75) is 44.6 Å². The molecular formula is C25H28ClN5O. The average Bonchev–Trinajstić information content (AvgIpc) is 3.43. The van der Waals surface area contributed by atoms with E-state index in [1.807, 2.05) is 30.3 Å². The van der Waals surface area contributed by atoms with Crippen molar-refractivity contribution in [3.05, 3.63) is 77.6 Å². The number of allylic oxidation sites excluding steroid dienone is 1. The van der Waals surface area contributed by atoms with Crippen molar-refractivity contribution in [2.24, 2.45) is 12.5 Å². The molecule has 4 rings (SSSR count). The van der Waals surface area contributed by atoms with Gasteiger partial charge in [0.05, 0.1) is 11.5 Å². The molecule has 0 radical (unpaired) electrons. The van der Waals surface area contributed by atoms with E-state index in [1.165, 1.54) is 0 Å².